The number of nitrogens with one attached hydrogen (secondary N) is 2. The predicted octanol–water partition coefficient (Wildman–Crippen LogP) is 1.90. The smallest absolute Gasteiger partial charge is 0.313 e. The van der Waals surface area contributed by atoms with Gasteiger partial charge in [0.05, 0.1) is 4.90 Å². The summed E-state index contributed by atoms with van der Waals surface area (Å²) in [6.45, 7) is 0.0482. The van der Waals surface area contributed by atoms with Gasteiger partial charge < -0.3 is 10.6 Å². The Morgan fingerprint density at radius 1 is 1.00 bits per heavy atom. The Morgan fingerprint density at radius 3 is 2.20 bits per heavy atom. The van der Waals surface area contributed by atoms with Gasteiger partial charge in [-0.3, -0.25) is 9.59 Å². The lowest BCUT2D eigenvalue weighted by Gasteiger charge is -2.08. The number of primary sulfonamides is 1. The molecule has 0 saturated carbocycles. The third-order valence-corrected chi connectivity index (χ3v) is 4.62. The van der Waals surface area contributed by atoms with Crippen LogP contribution in [0.15, 0.2) is 47.4 Å². The second-order valence-corrected chi connectivity index (χ2v) is 7.35. The molecule has 0 aliphatic rings. The van der Waals surface area contributed by atoms with Gasteiger partial charge in [0.1, 0.15) is 0 Å². The molecule has 2 rings (SSSR count). The molecule has 25 heavy (non-hydrogen) atoms. The van der Waals surface area contributed by atoms with E-state index in [1.807, 2.05) is 0 Å². The van der Waals surface area contributed by atoms with E-state index in [0.717, 1.165) is 0 Å². The highest BCUT2D eigenvalue weighted by atomic mass is 35.5. The minimum atomic E-state index is -3.82. The van der Waals surface area contributed by atoms with Crippen molar-refractivity contribution in [3.8, 4) is 0 Å². The summed E-state index contributed by atoms with van der Waals surface area (Å²) in [6.07, 6.45) is 0. The number of benzene rings is 2. The first-order valence-electron chi connectivity index (χ1n) is 6.83. The molecule has 7 nitrogen and oxygen atoms in total. The fourth-order valence-electron chi connectivity index (χ4n) is 1.84. The van der Waals surface area contributed by atoms with E-state index in [0.29, 0.717) is 15.6 Å². The molecule has 0 fully saturated rings. The molecule has 132 valence electrons. The number of nitrogens with two attached hydrogens (primary N) is 1. The third-order valence-electron chi connectivity index (χ3n) is 3.10. The monoisotopic (exact) mass is 401 g/mol. The third kappa shape index (κ3) is 5.43. The van der Waals surface area contributed by atoms with E-state index in [1.54, 1.807) is 12.1 Å². The molecule has 10 heteroatoms. The largest absolute Gasteiger partial charge is 0.344 e. The molecule has 0 spiro atoms. The van der Waals surface area contributed by atoms with Crippen LogP contribution < -0.4 is 15.8 Å². The summed E-state index contributed by atoms with van der Waals surface area (Å²) in [5, 5.41) is 10.6. The van der Waals surface area contributed by atoms with E-state index >= 15 is 0 Å². The van der Waals surface area contributed by atoms with Gasteiger partial charge in [-0.1, -0.05) is 29.3 Å². The average Bonchev–Trinajstić information content (AvgIpc) is 2.53. The zero-order chi connectivity index (χ0) is 18.6. The molecule has 0 heterocycles. The average molecular weight is 402 g/mol. The van der Waals surface area contributed by atoms with E-state index in [4.69, 9.17) is 28.3 Å². The molecule has 2 amide bonds. The van der Waals surface area contributed by atoms with Crippen molar-refractivity contribution in [2.24, 2.45) is 5.14 Å². The van der Waals surface area contributed by atoms with Crippen molar-refractivity contribution in [2.45, 2.75) is 11.4 Å². The van der Waals surface area contributed by atoms with Gasteiger partial charge in [-0.2, -0.15) is 0 Å². The fraction of sp³-hybridized carbons (Fsp3) is 0.0667. The predicted molar refractivity (Wildman–Crippen MR) is 94.8 cm³/mol. The number of rotatable bonds is 4. The normalized spacial score (nSPS) is 11.0. The number of hydrogen-bond donors (Lipinski definition) is 3. The van der Waals surface area contributed by atoms with Crippen LogP contribution in [0.1, 0.15) is 5.56 Å². The van der Waals surface area contributed by atoms with E-state index in [2.05, 4.69) is 10.6 Å². The topological polar surface area (TPSA) is 118 Å². The Bertz CT molecular complexity index is 915. The molecule has 0 aliphatic carbocycles. The van der Waals surface area contributed by atoms with Crippen molar-refractivity contribution in [1.29, 1.82) is 0 Å². The van der Waals surface area contributed by atoms with Crippen molar-refractivity contribution in [3.63, 3.8) is 0 Å². The van der Waals surface area contributed by atoms with E-state index in [9.17, 15) is 18.0 Å². The Morgan fingerprint density at radius 2 is 1.64 bits per heavy atom. The molecular formula is C15H13Cl2N3O4S. The number of carbonyl (C=O) groups excluding carboxylic acids is 2. The number of carbonyl (C=O) groups is 2. The van der Waals surface area contributed by atoms with Crippen molar-refractivity contribution >= 4 is 50.7 Å². The molecule has 0 radical (unpaired) electrons. The first kappa shape index (κ1) is 19.2. The maximum atomic E-state index is 11.8. The lowest BCUT2D eigenvalue weighted by atomic mass is 10.2. The van der Waals surface area contributed by atoms with E-state index in [-0.39, 0.29) is 17.1 Å². The summed E-state index contributed by atoms with van der Waals surface area (Å²) in [4.78, 5) is 23.5. The summed E-state index contributed by atoms with van der Waals surface area (Å²) in [7, 11) is -3.82. The SMILES string of the molecule is NS(=O)(=O)c1ccc(NC(=O)C(=O)NCc2ccc(Cl)cc2Cl)cc1. The van der Waals surface area contributed by atoms with Gasteiger partial charge in [0.15, 0.2) is 0 Å². The van der Waals surface area contributed by atoms with Crippen molar-refractivity contribution in [2.75, 3.05) is 5.32 Å². The van der Waals surface area contributed by atoms with Crippen LogP contribution >= 0.6 is 23.2 Å². The fourth-order valence-corrected chi connectivity index (χ4v) is 2.83. The highest BCUT2D eigenvalue weighted by Gasteiger charge is 2.15. The van der Waals surface area contributed by atoms with Gasteiger partial charge >= 0.3 is 11.8 Å². The first-order chi connectivity index (χ1) is 11.7. The highest BCUT2D eigenvalue weighted by Crippen LogP contribution is 2.20. The maximum absolute atomic E-state index is 11.8. The summed E-state index contributed by atoms with van der Waals surface area (Å²) in [6, 6.07) is 9.85. The summed E-state index contributed by atoms with van der Waals surface area (Å²) in [5.41, 5.74) is 0.849. The van der Waals surface area contributed by atoms with Crippen molar-refractivity contribution < 1.29 is 18.0 Å². The van der Waals surface area contributed by atoms with Crippen LogP contribution in [0.25, 0.3) is 0 Å². The summed E-state index contributed by atoms with van der Waals surface area (Å²) < 4.78 is 22.3. The lowest BCUT2D eigenvalue weighted by Crippen LogP contribution is -2.35. The lowest BCUT2D eigenvalue weighted by molar-refractivity contribution is -0.136. The van der Waals surface area contributed by atoms with Gasteiger partial charge in [0.25, 0.3) is 0 Å². The number of hydrogen-bond acceptors (Lipinski definition) is 4. The van der Waals surface area contributed by atoms with Crippen LogP contribution in [0.2, 0.25) is 10.0 Å². The Balaban J connectivity index is 1.95. The Hall–Kier alpha value is -2.13. The van der Waals surface area contributed by atoms with Gasteiger partial charge in [0, 0.05) is 22.3 Å². The van der Waals surface area contributed by atoms with Gasteiger partial charge in [-0.25, -0.2) is 13.6 Å². The standard InChI is InChI=1S/C15H13Cl2N3O4S/c16-10-2-1-9(13(17)7-10)8-19-14(21)15(22)20-11-3-5-12(6-4-11)25(18,23)24/h1-7H,8H2,(H,19,21)(H,20,22)(H2,18,23,24). The number of sulfonamides is 1. The molecule has 0 unspecified atom stereocenters. The van der Waals surface area contributed by atoms with Crippen LogP contribution in [0.3, 0.4) is 0 Å². The van der Waals surface area contributed by atoms with E-state index < -0.39 is 21.8 Å². The molecule has 0 atom stereocenters. The van der Waals surface area contributed by atoms with Crippen LogP contribution in [0.4, 0.5) is 5.69 Å². The minimum absolute atomic E-state index is 0.0482. The molecular weight excluding hydrogens is 389 g/mol. The van der Waals surface area contributed by atoms with Gasteiger partial charge in [-0.15, -0.1) is 0 Å². The van der Waals surface area contributed by atoms with Crippen LogP contribution in [0, 0.1) is 0 Å². The number of halogens is 2. The quantitative estimate of drug-likeness (QED) is 0.677. The zero-order valence-corrected chi connectivity index (χ0v) is 15.0. The van der Waals surface area contributed by atoms with Gasteiger partial charge in [-0.05, 0) is 42.0 Å². The van der Waals surface area contributed by atoms with Crippen LogP contribution in [0.5, 0.6) is 0 Å². The first-order valence-corrected chi connectivity index (χ1v) is 9.13. The molecule has 0 bridgehead atoms. The minimum Gasteiger partial charge on any atom is -0.344 e. The highest BCUT2D eigenvalue weighted by molar-refractivity contribution is 7.89. The molecule has 0 saturated heterocycles. The molecule has 4 N–H and O–H groups in total. The van der Waals surface area contributed by atoms with Crippen molar-refractivity contribution in [1.82, 2.24) is 5.32 Å². The summed E-state index contributed by atoms with van der Waals surface area (Å²) in [5.74, 6) is -1.78. The molecule has 0 aliphatic heterocycles. The Labute approximate surface area is 154 Å². The van der Waals surface area contributed by atoms with E-state index in [1.165, 1.54) is 30.3 Å². The second-order valence-electron chi connectivity index (χ2n) is 4.94. The molecule has 0 aromatic heterocycles. The molecule has 2 aromatic carbocycles. The molecule has 2 aromatic rings. The number of anilines is 1. The Kier molecular flexibility index (Phi) is 6.02. The van der Waals surface area contributed by atoms with Crippen LogP contribution in [-0.4, -0.2) is 20.2 Å². The summed E-state index contributed by atoms with van der Waals surface area (Å²) >= 11 is 11.8. The van der Waals surface area contributed by atoms with Gasteiger partial charge in [0.2, 0.25) is 10.0 Å². The maximum Gasteiger partial charge on any atom is 0.313 e. The second kappa shape index (κ2) is 7.83. The van der Waals surface area contributed by atoms with Crippen molar-refractivity contribution in [3.05, 3.63) is 58.1 Å². The zero-order valence-electron chi connectivity index (χ0n) is 12.6. The number of amides is 2. The van der Waals surface area contributed by atoms with Crippen LogP contribution in [-0.2, 0) is 26.2 Å².